The molecule has 0 radical (unpaired) electrons. The number of aliphatic hydroxyl groups is 1. The van der Waals surface area contributed by atoms with Crippen molar-refractivity contribution >= 4 is 27.5 Å². The van der Waals surface area contributed by atoms with E-state index < -0.39 is 12.0 Å². The summed E-state index contributed by atoms with van der Waals surface area (Å²) >= 11 is 3.33. The Hall–Kier alpha value is -1.11. The molecule has 0 aliphatic heterocycles. The zero-order valence-electron chi connectivity index (χ0n) is 9.48. The van der Waals surface area contributed by atoms with Gasteiger partial charge in [-0.1, -0.05) is 0 Å². The van der Waals surface area contributed by atoms with Crippen LogP contribution in [0.5, 0.6) is 0 Å². The molecule has 94 valence electrons. The highest BCUT2D eigenvalue weighted by molar-refractivity contribution is 9.10. The molecule has 0 spiro atoms. The van der Waals surface area contributed by atoms with Crippen LogP contribution in [0.1, 0.15) is 17.3 Å². The first-order valence-corrected chi connectivity index (χ1v) is 5.98. The van der Waals surface area contributed by atoms with Crippen molar-refractivity contribution in [3.05, 3.63) is 28.2 Å². The van der Waals surface area contributed by atoms with Gasteiger partial charge in [-0.25, -0.2) is 0 Å². The summed E-state index contributed by atoms with van der Waals surface area (Å²) in [5.41, 5.74) is 12.1. The average molecular weight is 302 g/mol. The summed E-state index contributed by atoms with van der Waals surface area (Å²) in [6.07, 6.45) is -0.578. The Kier molecular flexibility index (Phi) is 4.92. The maximum absolute atomic E-state index is 10.9. The van der Waals surface area contributed by atoms with Crippen molar-refractivity contribution in [2.24, 2.45) is 11.5 Å². The Labute approximate surface area is 108 Å². The summed E-state index contributed by atoms with van der Waals surface area (Å²) in [5, 5.41) is 12.3. The second-order valence-electron chi connectivity index (χ2n) is 3.84. The van der Waals surface area contributed by atoms with Gasteiger partial charge in [0.15, 0.2) is 0 Å². The van der Waals surface area contributed by atoms with Gasteiger partial charge in [0.25, 0.3) is 0 Å². The zero-order chi connectivity index (χ0) is 13.0. The lowest BCUT2D eigenvalue weighted by atomic mass is 10.1. The number of hydrogen-bond donors (Lipinski definition) is 4. The number of hydrogen-bond acceptors (Lipinski definition) is 4. The van der Waals surface area contributed by atoms with Crippen molar-refractivity contribution in [2.45, 2.75) is 19.1 Å². The topological polar surface area (TPSA) is 101 Å². The predicted molar refractivity (Wildman–Crippen MR) is 70.8 cm³/mol. The molecule has 0 aliphatic rings. The van der Waals surface area contributed by atoms with Gasteiger partial charge in [0.05, 0.1) is 6.10 Å². The van der Waals surface area contributed by atoms with Crippen LogP contribution in [0.3, 0.4) is 0 Å². The summed E-state index contributed by atoms with van der Waals surface area (Å²) in [6, 6.07) is 4.65. The van der Waals surface area contributed by atoms with E-state index in [0.717, 1.165) is 10.2 Å². The highest BCUT2D eigenvalue weighted by Gasteiger charge is 2.10. The lowest BCUT2D eigenvalue weighted by molar-refractivity contribution is 0.1000. The van der Waals surface area contributed by atoms with Crippen LogP contribution in [-0.4, -0.2) is 29.7 Å². The fourth-order valence-electron chi connectivity index (χ4n) is 1.21. The number of carbonyl (C=O) groups excluding carboxylic acids is 1. The summed E-state index contributed by atoms with van der Waals surface area (Å²) in [5.74, 6) is -0.474. The van der Waals surface area contributed by atoms with E-state index in [1.807, 2.05) is 0 Å². The third-order valence-electron chi connectivity index (χ3n) is 2.40. The Morgan fingerprint density at radius 3 is 2.71 bits per heavy atom. The van der Waals surface area contributed by atoms with Gasteiger partial charge in [0, 0.05) is 28.3 Å². The molecule has 6 heteroatoms. The number of amides is 1. The minimum absolute atomic E-state index is 0.349. The number of halogens is 1. The molecule has 1 aromatic rings. The molecule has 0 aromatic heterocycles. The second kappa shape index (κ2) is 6.00. The first kappa shape index (κ1) is 14.0. The SMILES string of the molecule is CC(O)C(N)CNc1ccc(C(N)=O)cc1Br. The molecule has 6 N–H and O–H groups in total. The van der Waals surface area contributed by atoms with Gasteiger partial charge < -0.3 is 21.9 Å². The van der Waals surface area contributed by atoms with E-state index >= 15 is 0 Å². The van der Waals surface area contributed by atoms with Crippen LogP contribution in [0, 0.1) is 0 Å². The molecule has 0 aliphatic carbocycles. The monoisotopic (exact) mass is 301 g/mol. The van der Waals surface area contributed by atoms with Crippen LogP contribution in [0.4, 0.5) is 5.69 Å². The number of primary amides is 1. The van der Waals surface area contributed by atoms with E-state index in [-0.39, 0.29) is 6.04 Å². The number of anilines is 1. The maximum atomic E-state index is 10.9. The van der Waals surface area contributed by atoms with Crippen LogP contribution in [0.25, 0.3) is 0 Å². The number of rotatable bonds is 5. The van der Waals surface area contributed by atoms with E-state index in [4.69, 9.17) is 11.5 Å². The van der Waals surface area contributed by atoms with E-state index in [0.29, 0.717) is 12.1 Å². The van der Waals surface area contributed by atoms with E-state index in [2.05, 4.69) is 21.2 Å². The molecular formula is C11H16BrN3O2. The highest BCUT2D eigenvalue weighted by Crippen LogP contribution is 2.23. The lowest BCUT2D eigenvalue weighted by Gasteiger charge is -2.17. The Morgan fingerprint density at radius 2 is 2.24 bits per heavy atom. The van der Waals surface area contributed by atoms with Gasteiger partial charge in [0.1, 0.15) is 0 Å². The van der Waals surface area contributed by atoms with E-state index in [1.165, 1.54) is 0 Å². The molecule has 0 bridgehead atoms. The molecule has 1 aromatic carbocycles. The van der Waals surface area contributed by atoms with Crippen LogP contribution >= 0.6 is 15.9 Å². The van der Waals surface area contributed by atoms with Crippen LogP contribution in [-0.2, 0) is 0 Å². The smallest absolute Gasteiger partial charge is 0.248 e. The van der Waals surface area contributed by atoms with E-state index in [9.17, 15) is 9.90 Å². The summed E-state index contributed by atoms with van der Waals surface area (Å²) < 4.78 is 0.728. The van der Waals surface area contributed by atoms with Crippen molar-refractivity contribution in [1.82, 2.24) is 0 Å². The minimum Gasteiger partial charge on any atom is -0.392 e. The number of nitrogens with one attached hydrogen (secondary N) is 1. The number of aliphatic hydroxyl groups excluding tert-OH is 1. The Balaban J connectivity index is 2.70. The van der Waals surface area contributed by atoms with Crippen LogP contribution < -0.4 is 16.8 Å². The van der Waals surface area contributed by atoms with Gasteiger partial charge in [-0.3, -0.25) is 4.79 Å². The second-order valence-corrected chi connectivity index (χ2v) is 4.70. The average Bonchev–Trinajstić information content (AvgIpc) is 2.26. The standard InChI is InChI=1S/C11H16BrN3O2/c1-6(16)9(13)5-15-10-3-2-7(11(14)17)4-8(10)12/h2-4,6,9,15-16H,5,13H2,1H3,(H2,14,17). The quantitative estimate of drug-likeness (QED) is 0.642. The van der Waals surface area contributed by atoms with Crippen molar-refractivity contribution in [2.75, 3.05) is 11.9 Å². The van der Waals surface area contributed by atoms with E-state index in [1.54, 1.807) is 25.1 Å². The van der Waals surface area contributed by atoms with Crippen molar-refractivity contribution in [3.8, 4) is 0 Å². The summed E-state index contributed by atoms with van der Waals surface area (Å²) in [7, 11) is 0. The first-order chi connectivity index (χ1) is 7.91. The molecule has 2 unspecified atom stereocenters. The normalized spacial score (nSPS) is 14.1. The van der Waals surface area contributed by atoms with Crippen molar-refractivity contribution < 1.29 is 9.90 Å². The third-order valence-corrected chi connectivity index (χ3v) is 3.06. The molecule has 0 saturated carbocycles. The maximum Gasteiger partial charge on any atom is 0.248 e. The lowest BCUT2D eigenvalue weighted by Crippen LogP contribution is -2.38. The molecule has 2 atom stereocenters. The number of benzene rings is 1. The third kappa shape index (κ3) is 3.99. The van der Waals surface area contributed by atoms with Crippen LogP contribution in [0.15, 0.2) is 22.7 Å². The number of carbonyl (C=O) groups is 1. The van der Waals surface area contributed by atoms with Gasteiger partial charge in [-0.05, 0) is 41.1 Å². The summed E-state index contributed by atoms with van der Waals surface area (Å²) in [6.45, 7) is 2.07. The van der Waals surface area contributed by atoms with Gasteiger partial charge >= 0.3 is 0 Å². The molecule has 0 fully saturated rings. The Morgan fingerprint density at radius 1 is 1.59 bits per heavy atom. The van der Waals surface area contributed by atoms with Gasteiger partial charge in [-0.2, -0.15) is 0 Å². The first-order valence-electron chi connectivity index (χ1n) is 5.18. The van der Waals surface area contributed by atoms with Gasteiger partial charge in [-0.15, -0.1) is 0 Å². The fourth-order valence-corrected chi connectivity index (χ4v) is 1.73. The molecule has 17 heavy (non-hydrogen) atoms. The van der Waals surface area contributed by atoms with Crippen LogP contribution in [0.2, 0.25) is 0 Å². The molecule has 0 saturated heterocycles. The highest BCUT2D eigenvalue weighted by atomic mass is 79.9. The van der Waals surface area contributed by atoms with Gasteiger partial charge in [0.2, 0.25) is 5.91 Å². The number of nitrogens with two attached hydrogens (primary N) is 2. The van der Waals surface area contributed by atoms with Crippen molar-refractivity contribution in [1.29, 1.82) is 0 Å². The molecule has 5 nitrogen and oxygen atoms in total. The predicted octanol–water partition coefficient (Wildman–Crippen LogP) is 0.668. The Bertz CT molecular complexity index is 410. The molecular weight excluding hydrogens is 286 g/mol. The van der Waals surface area contributed by atoms with Crippen molar-refractivity contribution in [3.63, 3.8) is 0 Å². The largest absolute Gasteiger partial charge is 0.392 e. The minimum atomic E-state index is -0.578. The zero-order valence-corrected chi connectivity index (χ0v) is 11.1. The molecule has 1 rings (SSSR count). The fraction of sp³-hybridized carbons (Fsp3) is 0.364. The summed E-state index contributed by atoms with van der Waals surface area (Å²) in [4.78, 5) is 10.9. The molecule has 0 heterocycles. The molecule has 1 amide bonds.